The number of alkyl halides is 2. The lowest BCUT2D eigenvalue weighted by Crippen LogP contribution is -2.31. The number of nitrogens with zero attached hydrogens (tertiary/aromatic N) is 1. The molecule has 0 aromatic carbocycles. The second-order valence-electron chi connectivity index (χ2n) is 3.76. The Morgan fingerprint density at radius 1 is 1.50 bits per heavy atom. The number of carboxylic acid groups (broad SMARTS) is 1. The predicted molar refractivity (Wildman–Crippen MR) is 61.1 cm³/mol. The molecule has 7 heteroatoms. The first-order valence-corrected chi connectivity index (χ1v) is 5.35. The monoisotopic (exact) mass is 260 g/mol. The molecule has 0 saturated carbocycles. The number of halogens is 2. The van der Waals surface area contributed by atoms with Gasteiger partial charge in [0, 0.05) is 5.69 Å². The van der Waals surface area contributed by atoms with Crippen molar-refractivity contribution in [3.63, 3.8) is 0 Å². The van der Waals surface area contributed by atoms with Crippen molar-refractivity contribution in [2.45, 2.75) is 19.3 Å². The van der Waals surface area contributed by atoms with Crippen LogP contribution in [0.3, 0.4) is 0 Å². The highest BCUT2D eigenvalue weighted by Gasteiger charge is 2.27. The normalized spacial score (nSPS) is 11.3. The molecule has 1 aromatic rings. The van der Waals surface area contributed by atoms with Gasteiger partial charge in [-0.05, 0) is 18.6 Å². The zero-order valence-corrected chi connectivity index (χ0v) is 9.78. The maximum Gasteiger partial charge on any atom is 0.335 e. The molecule has 0 radical (unpaired) electrons. The zero-order chi connectivity index (χ0) is 13.8. The van der Waals surface area contributed by atoms with Crippen molar-refractivity contribution in [1.82, 2.24) is 4.98 Å². The summed E-state index contributed by atoms with van der Waals surface area (Å²) in [6.07, 6.45) is 0.492. The van der Waals surface area contributed by atoms with E-state index in [-0.39, 0.29) is 11.4 Å². The molecular weight excluding hydrogens is 246 g/mol. The number of nitrogens with one attached hydrogen (secondary N) is 1. The highest BCUT2D eigenvalue weighted by Crippen LogP contribution is 2.16. The van der Waals surface area contributed by atoms with E-state index >= 15 is 0 Å². The summed E-state index contributed by atoms with van der Waals surface area (Å²) in [7, 11) is 0. The standard InChI is InChI=1S/C11H14F2N2O3/c1-2-8-3-7(10(17)18)4-9(15-8)14-5-11(12,13)6-16/h3-4,16H,2,5-6H2,1H3,(H,14,15)(H,17,18). The zero-order valence-electron chi connectivity index (χ0n) is 9.78. The molecule has 3 N–H and O–H groups in total. The van der Waals surface area contributed by atoms with E-state index in [9.17, 15) is 13.6 Å². The van der Waals surface area contributed by atoms with Crippen LogP contribution in [0.1, 0.15) is 23.0 Å². The summed E-state index contributed by atoms with van der Waals surface area (Å²) < 4.78 is 25.6. The second kappa shape index (κ2) is 5.72. The van der Waals surface area contributed by atoms with Gasteiger partial charge in [-0.15, -0.1) is 0 Å². The SMILES string of the molecule is CCc1cc(C(=O)O)cc(NCC(F)(F)CO)n1. The quantitative estimate of drug-likeness (QED) is 0.719. The molecule has 1 heterocycles. The van der Waals surface area contributed by atoms with Gasteiger partial charge in [-0.1, -0.05) is 6.92 Å². The topological polar surface area (TPSA) is 82.5 Å². The average molecular weight is 260 g/mol. The lowest BCUT2D eigenvalue weighted by Gasteiger charge is -2.15. The van der Waals surface area contributed by atoms with Crippen LogP contribution >= 0.6 is 0 Å². The third-order valence-corrected chi connectivity index (χ3v) is 2.25. The fourth-order valence-corrected chi connectivity index (χ4v) is 1.26. The number of aliphatic hydroxyl groups excluding tert-OH is 1. The predicted octanol–water partition coefficient (Wildman–Crippen LogP) is 1.38. The third-order valence-electron chi connectivity index (χ3n) is 2.25. The number of carbonyl (C=O) groups is 1. The number of anilines is 1. The van der Waals surface area contributed by atoms with Crippen molar-refractivity contribution in [2.24, 2.45) is 0 Å². The summed E-state index contributed by atoms with van der Waals surface area (Å²) in [5.41, 5.74) is 0.473. The second-order valence-corrected chi connectivity index (χ2v) is 3.76. The van der Waals surface area contributed by atoms with E-state index in [1.165, 1.54) is 12.1 Å². The number of aliphatic hydroxyl groups is 1. The van der Waals surface area contributed by atoms with E-state index in [0.717, 1.165) is 0 Å². The molecule has 0 bridgehead atoms. The van der Waals surface area contributed by atoms with Crippen molar-refractivity contribution in [3.8, 4) is 0 Å². The van der Waals surface area contributed by atoms with E-state index in [1.54, 1.807) is 6.92 Å². The Morgan fingerprint density at radius 2 is 2.17 bits per heavy atom. The molecule has 0 fully saturated rings. The summed E-state index contributed by atoms with van der Waals surface area (Å²) in [6, 6.07) is 2.56. The molecule has 1 rings (SSSR count). The van der Waals surface area contributed by atoms with Crippen molar-refractivity contribution < 1.29 is 23.8 Å². The van der Waals surface area contributed by atoms with Gasteiger partial charge in [0.1, 0.15) is 12.4 Å². The summed E-state index contributed by atoms with van der Waals surface area (Å²) >= 11 is 0. The number of hydrogen-bond donors (Lipinski definition) is 3. The van der Waals surface area contributed by atoms with Crippen LogP contribution in [0.4, 0.5) is 14.6 Å². The lowest BCUT2D eigenvalue weighted by atomic mass is 10.2. The molecular formula is C11H14F2N2O3. The van der Waals surface area contributed by atoms with Gasteiger partial charge in [-0.2, -0.15) is 0 Å². The fraction of sp³-hybridized carbons (Fsp3) is 0.455. The summed E-state index contributed by atoms with van der Waals surface area (Å²) in [6.45, 7) is -0.304. The highest BCUT2D eigenvalue weighted by molar-refractivity contribution is 5.88. The minimum Gasteiger partial charge on any atom is -0.478 e. The lowest BCUT2D eigenvalue weighted by molar-refractivity contribution is -0.0373. The van der Waals surface area contributed by atoms with Gasteiger partial charge in [-0.3, -0.25) is 0 Å². The van der Waals surface area contributed by atoms with Crippen LogP contribution in [0.5, 0.6) is 0 Å². The first-order chi connectivity index (χ1) is 8.38. The number of rotatable bonds is 6. The van der Waals surface area contributed by atoms with Crippen molar-refractivity contribution in [3.05, 3.63) is 23.4 Å². The molecule has 5 nitrogen and oxygen atoms in total. The Bertz CT molecular complexity index is 438. The molecule has 1 aromatic heterocycles. The molecule has 0 aliphatic carbocycles. The molecule has 0 spiro atoms. The summed E-state index contributed by atoms with van der Waals surface area (Å²) in [5.74, 6) is -4.36. The maximum absolute atomic E-state index is 12.8. The van der Waals surface area contributed by atoms with Crippen LogP contribution in [-0.4, -0.2) is 40.2 Å². The number of carboxylic acids is 1. The maximum atomic E-state index is 12.8. The third kappa shape index (κ3) is 3.92. The Morgan fingerprint density at radius 3 is 2.67 bits per heavy atom. The Kier molecular flexibility index (Phi) is 4.55. The number of hydrogen-bond acceptors (Lipinski definition) is 4. The van der Waals surface area contributed by atoms with Crippen LogP contribution in [0, 0.1) is 0 Å². The van der Waals surface area contributed by atoms with Crippen LogP contribution < -0.4 is 5.32 Å². The van der Waals surface area contributed by atoms with Crippen molar-refractivity contribution in [2.75, 3.05) is 18.5 Å². The Balaban J connectivity index is 2.88. The van der Waals surface area contributed by atoms with Crippen LogP contribution in [0.15, 0.2) is 12.1 Å². The fourth-order valence-electron chi connectivity index (χ4n) is 1.26. The van der Waals surface area contributed by atoms with Crippen LogP contribution in [-0.2, 0) is 6.42 Å². The molecule has 0 aliphatic heterocycles. The van der Waals surface area contributed by atoms with Gasteiger partial charge in [0.25, 0.3) is 5.92 Å². The van der Waals surface area contributed by atoms with E-state index in [0.29, 0.717) is 12.1 Å². The summed E-state index contributed by atoms with van der Waals surface area (Å²) in [5, 5.41) is 19.6. The Hall–Kier alpha value is -1.76. The highest BCUT2D eigenvalue weighted by atomic mass is 19.3. The van der Waals surface area contributed by atoms with Crippen LogP contribution in [0.2, 0.25) is 0 Å². The van der Waals surface area contributed by atoms with E-state index in [1.807, 2.05) is 0 Å². The van der Waals surface area contributed by atoms with Gasteiger partial charge in [0.05, 0.1) is 12.1 Å². The molecule has 0 saturated heterocycles. The molecule has 0 atom stereocenters. The molecule has 0 aliphatic rings. The average Bonchev–Trinajstić information content (AvgIpc) is 2.36. The number of aromatic carboxylic acids is 1. The number of aryl methyl sites for hydroxylation is 1. The van der Waals surface area contributed by atoms with Crippen molar-refractivity contribution >= 4 is 11.8 Å². The Labute approximate surface area is 102 Å². The van der Waals surface area contributed by atoms with Gasteiger partial charge in [-0.25, -0.2) is 18.6 Å². The first-order valence-electron chi connectivity index (χ1n) is 5.35. The van der Waals surface area contributed by atoms with Gasteiger partial charge in [0.15, 0.2) is 0 Å². The van der Waals surface area contributed by atoms with Gasteiger partial charge >= 0.3 is 5.97 Å². The molecule has 18 heavy (non-hydrogen) atoms. The first kappa shape index (κ1) is 14.3. The minimum atomic E-state index is -3.27. The number of aromatic nitrogens is 1. The van der Waals surface area contributed by atoms with Crippen LogP contribution in [0.25, 0.3) is 0 Å². The largest absolute Gasteiger partial charge is 0.478 e. The van der Waals surface area contributed by atoms with E-state index < -0.39 is 25.0 Å². The smallest absolute Gasteiger partial charge is 0.335 e. The summed E-state index contributed by atoms with van der Waals surface area (Å²) in [4.78, 5) is 14.8. The molecule has 0 unspecified atom stereocenters. The van der Waals surface area contributed by atoms with Gasteiger partial charge in [0.2, 0.25) is 0 Å². The van der Waals surface area contributed by atoms with E-state index in [4.69, 9.17) is 10.2 Å². The molecule has 100 valence electrons. The minimum absolute atomic E-state index is 0.0170. The number of pyridine rings is 1. The van der Waals surface area contributed by atoms with Gasteiger partial charge < -0.3 is 15.5 Å². The van der Waals surface area contributed by atoms with E-state index in [2.05, 4.69) is 10.3 Å². The van der Waals surface area contributed by atoms with Crippen molar-refractivity contribution in [1.29, 1.82) is 0 Å². The molecule has 0 amide bonds.